The monoisotopic (exact) mass is 457 g/mol. The van der Waals surface area contributed by atoms with Crippen molar-refractivity contribution in [2.24, 2.45) is 0 Å². The number of hydrogen-bond donors (Lipinski definition) is 1. The molecule has 0 radical (unpaired) electrons. The van der Waals surface area contributed by atoms with E-state index in [9.17, 15) is 18.0 Å². The summed E-state index contributed by atoms with van der Waals surface area (Å²) in [5.74, 6) is -1.64. The Morgan fingerprint density at radius 2 is 1.90 bits per heavy atom. The third kappa shape index (κ3) is 3.91. The molecule has 148 valence electrons. The lowest BCUT2D eigenvalue weighted by Gasteiger charge is -2.09. The molecule has 1 amide bonds. The van der Waals surface area contributed by atoms with Crippen LogP contribution in [-0.4, -0.2) is 25.5 Å². The molecule has 1 aromatic carbocycles. The summed E-state index contributed by atoms with van der Waals surface area (Å²) in [5, 5.41) is 8.36. The lowest BCUT2D eigenvalue weighted by molar-refractivity contribution is -0.142. The number of hydrogen-bond acceptors (Lipinski definition) is 5. The van der Waals surface area contributed by atoms with Gasteiger partial charge in [0.2, 0.25) is 5.82 Å². The number of thiophene rings is 1. The molecule has 12 heteroatoms. The number of carbonyl (C=O) groups excluding carboxylic acids is 1. The highest BCUT2D eigenvalue weighted by molar-refractivity contribution is 7.13. The molecular formula is C17H8Cl2F3N5OS. The lowest BCUT2D eigenvalue weighted by Crippen LogP contribution is -2.16. The molecule has 3 heterocycles. The van der Waals surface area contributed by atoms with Crippen molar-refractivity contribution in [1.29, 1.82) is 0 Å². The van der Waals surface area contributed by atoms with Crippen molar-refractivity contribution < 1.29 is 18.0 Å². The van der Waals surface area contributed by atoms with Crippen molar-refractivity contribution in [3.63, 3.8) is 0 Å². The highest BCUT2D eigenvalue weighted by atomic mass is 35.5. The van der Waals surface area contributed by atoms with Crippen LogP contribution in [-0.2, 0) is 6.18 Å². The summed E-state index contributed by atoms with van der Waals surface area (Å²) in [6, 6.07) is 8.54. The molecule has 0 aliphatic heterocycles. The number of carbonyl (C=O) groups is 1. The van der Waals surface area contributed by atoms with Gasteiger partial charge < -0.3 is 5.32 Å². The minimum Gasteiger partial charge on any atom is -0.319 e. The number of nitrogens with one attached hydrogen (secondary N) is 1. The molecule has 6 nitrogen and oxygen atoms in total. The molecule has 0 unspecified atom stereocenters. The highest BCUT2D eigenvalue weighted by Gasteiger charge is 2.36. The number of nitrogens with zero attached hydrogens (tertiary/aromatic N) is 4. The van der Waals surface area contributed by atoms with E-state index < -0.39 is 23.6 Å². The van der Waals surface area contributed by atoms with E-state index in [-0.39, 0.29) is 27.2 Å². The third-order valence-corrected chi connectivity index (χ3v) is 5.39. The van der Waals surface area contributed by atoms with E-state index in [1.165, 1.54) is 29.5 Å². The van der Waals surface area contributed by atoms with Gasteiger partial charge in [0.05, 0.1) is 20.6 Å². The molecule has 29 heavy (non-hydrogen) atoms. The Morgan fingerprint density at radius 3 is 2.55 bits per heavy atom. The molecule has 4 rings (SSSR count). The minimum absolute atomic E-state index is 0.0867. The standard InChI is InChI=1S/C17H8Cl2F3N5OS/c18-9-4-3-8(6-10(9)19)23-15(28)14-25-16-24-11(12-2-1-5-29-12)7-13(17(20,21)22)27(16)26-14/h1-7H,(H,23,28). The number of halogens is 5. The second-order valence-corrected chi connectivity index (χ2v) is 7.49. The minimum atomic E-state index is -4.72. The van der Waals surface area contributed by atoms with E-state index in [1.54, 1.807) is 17.5 Å². The number of amides is 1. The Kier molecular flexibility index (Phi) is 4.93. The van der Waals surface area contributed by atoms with Crippen LogP contribution in [0.3, 0.4) is 0 Å². The largest absolute Gasteiger partial charge is 0.433 e. The van der Waals surface area contributed by atoms with E-state index in [2.05, 4.69) is 20.4 Å². The van der Waals surface area contributed by atoms with Crippen molar-refractivity contribution in [3.8, 4) is 10.6 Å². The van der Waals surface area contributed by atoms with Crippen LogP contribution in [0.1, 0.15) is 16.3 Å². The Labute approximate surface area is 174 Å². The normalized spacial score (nSPS) is 11.8. The zero-order chi connectivity index (χ0) is 20.8. The predicted octanol–water partition coefficient (Wildman–Crippen LogP) is 5.43. The number of alkyl halides is 3. The van der Waals surface area contributed by atoms with Crippen LogP contribution in [0.25, 0.3) is 16.3 Å². The molecule has 0 atom stereocenters. The summed E-state index contributed by atoms with van der Waals surface area (Å²) < 4.78 is 41.1. The maximum Gasteiger partial charge on any atom is 0.433 e. The topological polar surface area (TPSA) is 72.2 Å². The van der Waals surface area contributed by atoms with E-state index in [4.69, 9.17) is 23.2 Å². The molecular weight excluding hydrogens is 450 g/mol. The van der Waals surface area contributed by atoms with Crippen molar-refractivity contribution in [3.05, 3.63) is 63.3 Å². The van der Waals surface area contributed by atoms with Gasteiger partial charge >= 0.3 is 6.18 Å². The van der Waals surface area contributed by atoms with E-state index in [1.807, 2.05) is 0 Å². The van der Waals surface area contributed by atoms with Gasteiger partial charge in [-0.1, -0.05) is 29.3 Å². The van der Waals surface area contributed by atoms with E-state index >= 15 is 0 Å². The summed E-state index contributed by atoms with van der Waals surface area (Å²) in [4.78, 5) is 20.9. The fourth-order valence-corrected chi connectivity index (χ4v) is 3.46. The number of rotatable bonds is 3. The van der Waals surface area contributed by atoms with Crippen LogP contribution in [0.15, 0.2) is 41.8 Å². The molecule has 0 aliphatic carbocycles. The molecule has 3 aromatic heterocycles. The van der Waals surface area contributed by atoms with Gasteiger partial charge in [-0.3, -0.25) is 4.79 Å². The third-order valence-electron chi connectivity index (χ3n) is 3.76. The van der Waals surface area contributed by atoms with Crippen LogP contribution in [0, 0.1) is 0 Å². The number of aromatic nitrogens is 4. The number of benzene rings is 1. The Balaban J connectivity index is 1.76. The van der Waals surface area contributed by atoms with Gasteiger partial charge in [0.25, 0.3) is 11.7 Å². The average Bonchev–Trinajstić information content (AvgIpc) is 3.32. The van der Waals surface area contributed by atoms with Crippen molar-refractivity contribution in [2.75, 3.05) is 5.32 Å². The first-order chi connectivity index (χ1) is 13.7. The first kappa shape index (κ1) is 19.6. The van der Waals surface area contributed by atoms with Crippen LogP contribution in [0.5, 0.6) is 0 Å². The van der Waals surface area contributed by atoms with E-state index in [0.29, 0.717) is 9.39 Å². The highest BCUT2D eigenvalue weighted by Crippen LogP contribution is 2.33. The summed E-state index contributed by atoms with van der Waals surface area (Å²) in [7, 11) is 0. The zero-order valence-corrected chi connectivity index (χ0v) is 16.4. The summed E-state index contributed by atoms with van der Waals surface area (Å²) in [5.41, 5.74) is -0.720. The first-order valence-electron chi connectivity index (χ1n) is 7.87. The SMILES string of the molecule is O=C(Nc1ccc(Cl)c(Cl)c1)c1nc2nc(-c3cccs3)cc(C(F)(F)F)n2n1. The smallest absolute Gasteiger partial charge is 0.319 e. The molecule has 0 saturated carbocycles. The average molecular weight is 458 g/mol. The van der Waals surface area contributed by atoms with Crippen LogP contribution in [0.2, 0.25) is 10.0 Å². The van der Waals surface area contributed by atoms with Crippen molar-refractivity contribution in [2.45, 2.75) is 6.18 Å². The number of anilines is 1. The van der Waals surface area contributed by atoms with Gasteiger partial charge in [0, 0.05) is 5.69 Å². The molecule has 0 fully saturated rings. The van der Waals surface area contributed by atoms with Gasteiger partial charge in [0.15, 0.2) is 5.69 Å². The Bertz CT molecular complexity index is 1220. The second kappa shape index (κ2) is 7.29. The summed E-state index contributed by atoms with van der Waals surface area (Å²) in [6.45, 7) is 0. The van der Waals surface area contributed by atoms with Gasteiger partial charge in [0.1, 0.15) is 0 Å². The molecule has 0 bridgehead atoms. The lowest BCUT2D eigenvalue weighted by atomic mass is 10.3. The molecule has 4 aromatic rings. The van der Waals surface area contributed by atoms with Gasteiger partial charge in [-0.25, -0.2) is 4.98 Å². The van der Waals surface area contributed by atoms with Gasteiger partial charge in [-0.15, -0.1) is 16.4 Å². The van der Waals surface area contributed by atoms with Crippen LogP contribution < -0.4 is 5.32 Å². The van der Waals surface area contributed by atoms with Crippen molar-refractivity contribution in [1.82, 2.24) is 19.6 Å². The molecule has 1 N–H and O–H groups in total. The van der Waals surface area contributed by atoms with Gasteiger partial charge in [-0.2, -0.15) is 22.7 Å². The summed E-state index contributed by atoms with van der Waals surface area (Å²) in [6.07, 6.45) is -4.72. The quantitative estimate of drug-likeness (QED) is 0.445. The van der Waals surface area contributed by atoms with Crippen molar-refractivity contribution >= 4 is 51.9 Å². The maximum absolute atomic E-state index is 13.5. The number of fused-ring (bicyclic) bond motifs is 1. The Hall–Kier alpha value is -2.69. The summed E-state index contributed by atoms with van der Waals surface area (Å²) >= 11 is 12.9. The van der Waals surface area contributed by atoms with Crippen LogP contribution >= 0.6 is 34.5 Å². The predicted molar refractivity (Wildman–Crippen MR) is 104 cm³/mol. The fourth-order valence-electron chi connectivity index (χ4n) is 2.48. The second-order valence-electron chi connectivity index (χ2n) is 5.73. The van der Waals surface area contributed by atoms with E-state index in [0.717, 1.165) is 6.07 Å². The fraction of sp³-hybridized carbons (Fsp3) is 0.0588. The molecule has 0 saturated heterocycles. The molecule has 0 spiro atoms. The molecule has 0 aliphatic rings. The van der Waals surface area contributed by atoms with Crippen LogP contribution in [0.4, 0.5) is 18.9 Å². The maximum atomic E-state index is 13.5. The first-order valence-corrected chi connectivity index (χ1v) is 9.51. The Morgan fingerprint density at radius 1 is 1.10 bits per heavy atom. The van der Waals surface area contributed by atoms with Gasteiger partial charge in [-0.05, 0) is 35.7 Å². The zero-order valence-electron chi connectivity index (χ0n) is 14.0.